The van der Waals surface area contributed by atoms with Crippen molar-refractivity contribution >= 4 is 38.9 Å². The van der Waals surface area contributed by atoms with Crippen LogP contribution in [-0.4, -0.2) is 21.7 Å². The van der Waals surface area contributed by atoms with Gasteiger partial charge in [-0.25, -0.2) is 4.52 Å². The molecule has 3 heterocycles. The van der Waals surface area contributed by atoms with E-state index in [9.17, 15) is 0 Å². The average molecular weight is 358 g/mol. The van der Waals surface area contributed by atoms with Crippen LogP contribution in [0.3, 0.4) is 0 Å². The van der Waals surface area contributed by atoms with Crippen molar-refractivity contribution in [3.63, 3.8) is 0 Å². The zero-order valence-electron chi connectivity index (χ0n) is 10.4. The number of anilines is 1. The lowest BCUT2D eigenvalue weighted by Gasteiger charge is -2.08. The SMILES string of the molecule is COc1c(Br)cn2nc(Cl)nc(NCc3ccco3)c12. The first-order valence-electron chi connectivity index (χ1n) is 5.73. The van der Waals surface area contributed by atoms with Gasteiger partial charge in [-0.1, -0.05) is 0 Å². The largest absolute Gasteiger partial charge is 0.493 e. The van der Waals surface area contributed by atoms with Gasteiger partial charge in [0, 0.05) is 6.20 Å². The van der Waals surface area contributed by atoms with Gasteiger partial charge in [-0.15, -0.1) is 5.10 Å². The molecule has 0 bridgehead atoms. The Kier molecular flexibility index (Phi) is 3.54. The Morgan fingerprint density at radius 3 is 3.10 bits per heavy atom. The molecule has 0 radical (unpaired) electrons. The smallest absolute Gasteiger partial charge is 0.243 e. The van der Waals surface area contributed by atoms with E-state index in [0.717, 1.165) is 10.2 Å². The summed E-state index contributed by atoms with van der Waals surface area (Å²) in [6, 6.07) is 3.70. The Labute approximate surface area is 127 Å². The molecule has 0 aliphatic rings. The summed E-state index contributed by atoms with van der Waals surface area (Å²) in [5, 5.41) is 7.42. The molecule has 0 saturated heterocycles. The zero-order chi connectivity index (χ0) is 14.1. The topological polar surface area (TPSA) is 64.6 Å². The fourth-order valence-corrected chi connectivity index (χ4v) is 2.61. The van der Waals surface area contributed by atoms with E-state index in [1.165, 1.54) is 0 Å². The van der Waals surface area contributed by atoms with Gasteiger partial charge in [0.25, 0.3) is 0 Å². The number of methoxy groups -OCH3 is 1. The molecule has 0 aromatic carbocycles. The molecule has 0 fully saturated rings. The van der Waals surface area contributed by atoms with Crippen molar-refractivity contribution in [3.8, 4) is 5.75 Å². The Morgan fingerprint density at radius 2 is 2.40 bits per heavy atom. The first-order valence-corrected chi connectivity index (χ1v) is 6.90. The number of halogens is 2. The number of nitrogens with one attached hydrogen (secondary N) is 1. The van der Waals surface area contributed by atoms with Crippen molar-refractivity contribution in [2.45, 2.75) is 6.54 Å². The van der Waals surface area contributed by atoms with Crippen molar-refractivity contribution in [1.82, 2.24) is 14.6 Å². The summed E-state index contributed by atoms with van der Waals surface area (Å²) in [6.45, 7) is 0.488. The highest BCUT2D eigenvalue weighted by atomic mass is 79.9. The maximum atomic E-state index is 5.93. The average Bonchev–Trinajstić information content (AvgIpc) is 3.02. The highest BCUT2D eigenvalue weighted by Gasteiger charge is 2.16. The van der Waals surface area contributed by atoms with Gasteiger partial charge in [-0.05, 0) is 39.7 Å². The van der Waals surface area contributed by atoms with Crippen molar-refractivity contribution in [3.05, 3.63) is 40.1 Å². The van der Waals surface area contributed by atoms with Gasteiger partial charge in [0.15, 0.2) is 17.1 Å². The quantitative estimate of drug-likeness (QED) is 0.775. The molecule has 3 rings (SSSR count). The van der Waals surface area contributed by atoms with Crippen LogP contribution >= 0.6 is 27.5 Å². The summed E-state index contributed by atoms with van der Waals surface area (Å²) in [6.07, 6.45) is 3.38. The summed E-state index contributed by atoms with van der Waals surface area (Å²) in [5.74, 6) is 2.01. The van der Waals surface area contributed by atoms with Gasteiger partial charge in [-0.2, -0.15) is 4.98 Å². The Balaban J connectivity index is 2.03. The van der Waals surface area contributed by atoms with Crippen LogP contribution in [0.5, 0.6) is 5.75 Å². The summed E-state index contributed by atoms with van der Waals surface area (Å²) < 4.78 is 13.0. The molecule has 0 aliphatic carbocycles. The van der Waals surface area contributed by atoms with Crippen LogP contribution in [0.25, 0.3) is 5.52 Å². The maximum Gasteiger partial charge on any atom is 0.243 e. The second-order valence-electron chi connectivity index (χ2n) is 3.97. The monoisotopic (exact) mass is 356 g/mol. The summed E-state index contributed by atoms with van der Waals surface area (Å²) >= 11 is 9.34. The van der Waals surface area contributed by atoms with Crippen molar-refractivity contribution in [2.75, 3.05) is 12.4 Å². The third kappa shape index (κ3) is 2.34. The molecule has 6 nitrogen and oxygen atoms in total. The second-order valence-corrected chi connectivity index (χ2v) is 5.16. The van der Waals surface area contributed by atoms with E-state index >= 15 is 0 Å². The third-order valence-electron chi connectivity index (χ3n) is 2.73. The minimum Gasteiger partial charge on any atom is -0.493 e. The van der Waals surface area contributed by atoms with Gasteiger partial charge < -0.3 is 14.5 Å². The molecular weight excluding hydrogens is 348 g/mol. The van der Waals surface area contributed by atoms with Crippen LogP contribution in [-0.2, 0) is 6.54 Å². The number of fused-ring (bicyclic) bond motifs is 1. The fraction of sp³-hybridized carbons (Fsp3) is 0.167. The summed E-state index contributed by atoms with van der Waals surface area (Å²) in [4.78, 5) is 4.20. The van der Waals surface area contributed by atoms with E-state index in [2.05, 4.69) is 31.3 Å². The van der Waals surface area contributed by atoms with Gasteiger partial charge in [0.1, 0.15) is 5.76 Å². The van der Waals surface area contributed by atoms with Crippen LogP contribution in [0.4, 0.5) is 5.82 Å². The molecule has 1 N–H and O–H groups in total. The van der Waals surface area contributed by atoms with Crippen LogP contribution in [0.2, 0.25) is 5.28 Å². The number of furan rings is 1. The minimum atomic E-state index is 0.143. The first kappa shape index (κ1) is 13.3. The summed E-state index contributed by atoms with van der Waals surface area (Å²) in [7, 11) is 1.59. The van der Waals surface area contributed by atoms with Gasteiger partial charge in [0.2, 0.25) is 5.28 Å². The van der Waals surface area contributed by atoms with Crippen molar-refractivity contribution < 1.29 is 9.15 Å². The molecule has 0 spiro atoms. The van der Waals surface area contributed by atoms with E-state index in [1.54, 1.807) is 24.1 Å². The molecule has 0 amide bonds. The zero-order valence-corrected chi connectivity index (χ0v) is 12.8. The first-order chi connectivity index (χ1) is 9.69. The number of ether oxygens (including phenoxy) is 1. The highest BCUT2D eigenvalue weighted by Crippen LogP contribution is 2.35. The highest BCUT2D eigenvalue weighted by molar-refractivity contribution is 9.10. The van der Waals surface area contributed by atoms with Crippen LogP contribution in [0.1, 0.15) is 5.76 Å². The molecule has 3 aromatic rings. The Hall–Kier alpha value is -1.73. The Morgan fingerprint density at radius 1 is 1.55 bits per heavy atom. The van der Waals surface area contributed by atoms with Crippen LogP contribution in [0.15, 0.2) is 33.5 Å². The molecule has 3 aromatic heterocycles. The van der Waals surface area contributed by atoms with E-state index in [4.69, 9.17) is 20.8 Å². The van der Waals surface area contributed by atoms with Crippen LogP contribution < -0.4 is 10.1 Å². The molecular formula is C12H10BrClN4O2. The summed E-state index contributed by atoms with van der Waals surface area (Å²) in [5.41, 5.74) is 0.704. The maximum absolute atomic E-state index is 5.93. The van der Waals surface area contributed by atoms with Gasteiger partial charge in [0.05, 0.1) is 24.4 Å². The number of aromatic nitrogens is 3. The number of nitrogens with zero attached hydrogens (tertiary/aromatic N) is 3. The number of hydrogen-bond donors (Lipinski definition) is 1. The third-order valence-corrected chi connectivity index (χ3v) is 3.45. The van der Waals surface area contributed by atoms with Gasteiger partial charge in [-0.3, -0.25) is 0 Å². The lowest BCUT2D eigenvalue weighted by Crippen LogP contribution is -2.05. The normalized spacial score (nSPS) is 10.9. The lowest BCUT2D eigenvalue weighted by atomic mass is 10.4. The molecule has 0 saturated carbocycles. The predicted molar refractivity (Wildman–Crippen MR) is 78.3 cm³/mol. The van der Waals surface area contributed by atoms with E-state index in [-0.39, 0.29) is 5.28 Å². The van der Waals surface area contributed by atoms with E-state index in [1.807, 2.05) is 12.1 Å². The van der Waals surface area contributed by atoms with Crippen molar-refractivity contribution in [1.29, 1.82) is 0 Å². The predicted octanol–water partition coefficient (Wildman–Crippen LogP) is 3.36. The lowest BCUT2D eigenvalue weighted by molar-refractivity contribution is 0.417. The van der Waals surface area contributed by atoms with Crippen molar-refractivity contribution in [2.24, 2.45) is 0 Å². The fourth-order valence-electron chi connectivity index (χ4n) is 1.90. The molecule has 20 heavy (non-hydrogen) atoms. The van der Waals surface area contributed by atoms with Gasteiger partial charge >= 0.3 is 0 Å². The Bertz CT molecular complexity index is 742. The standard InChI is InChI=1S/C12H10BrClN4O2/c1-19-10-8(13)6-18-9(10)11(16-12(14)17-18)15-5-7-3-2-4-20-7/h2-4,6H,5H2,1H3,(H,15,16,17). The molecule has 8 heteroatoms. The molecule has 0 aliphatic heterocycles. The van der Waals surface area contributed by atoms with E-state index < -0.39 is 0 Å². The minimum absolute atomic E-state index is 0.143. The number of rotatable bonds is 4. The number of hydrogen-bond acceptors (Lipinski definition) is 5. The molecule has 0 atom stereocenters. The second kappa shape index (κ2) is 5.34. The molecule has 0 unspecified atom stereocenters. The molecule has 104 valence electrons. The van der Waals surface area contributed by atoms with E-state index in [0.29, 0.717) is 23.6 Å². The van der Waals surface area contributed by atoms with Crippen LogP contribution in [0, 0.1) is 0 Å².